The molecule has 0 spiro atoms. The summed E-state index contributed by atoms with van der Waals surface area (Å²) in [4.78, 5) is 21.1. The molecular weight excluding hydrogens is 388 g/mol. The normalized spacial score (nSPS) is 11.6. The Bertz CT molecular complexity index is 902. The van der Waals surface area contributed by atoms with E-state index in [2.05, 4.69) is 27.5 Å². The van der Waals surface area contributed by atoms with Crippen molar-refractivity contribution in [1.82, 2.24) is 20.6 Å². The molecule has 0 bridgehead atoms. The second-order valence-corrected chi connectivity index (χ2v) is 7.31. The summed E-state index contributed by atoms with van der Waals surface area (Å²) < 4.78 is 5.67. The number of hydrogen-bond donors (Lipinski definition) is 2. The summed E-state index contributed by atoms with van der Waals surface area (Å²) in [6.07, 6.45) is 9.65. The van der Waals surface area contributed by atoms with E-state index in [0.717, 1.165) is 36.1 Å². The van der Waals surface area contributed by atoms with Crippen LogP contribution < -0.4 is 15.4 Å². The van der Waals surface area contributed by atoms with Crippen molar-refractivity contribution < 1.29 is 9.53 Å². The van der Waals surface area contributed by atoms with E-state index >= 15 is 0 Å². The van der Waals surface area contributed by atoms with Gasteiger partial charge in [-0.2, -0.15) is 0 Å². The summed E-state index contributed by atoms with van der Waals surface area (Å²) in [6.45, 7) is 4.01. The highest BCUT2D eigenvalue weighted by Gasteiger charge is 2.19. The molecule has 6 nitrogen and oxygen atoms in total. The molecule has 31 heavy (non-hydrogen) atoms. The minimum atomic E-state index is -0.431. The van der Waals surface area contributed by atoms with Gasteiger partial charge in [-0.1, -0.05) is 19.1 Å². The third-order valence-corrected chi connectivity index (χ3v) is 4.92. The van der Waals surface area contributed by atoms with Gasteiger partial charge in [0.25, 0.3) is 0 Å². The van der Waals surface area contributed by atoms with Gasteiger partial charge >= 0.3 is 0 Å². The number of pyridine rings is 2. The van der Waals surface area contributed by atoms with Crippen molar-refractivity contribution in [2.24, 2.45) is 0 Å². The maximum absolute atomic E-state index is 13.0. The van der Waals surface area contributed by atoms with Crippen LogP contribution in [0.25, 0.3) is 0 Å². The highest BCUT2D eigenvalue weighted by Crippen LogP contribution is 2.19. The summed E-state index contributed by atoms with van der Waals surface area (Å²) in [5.41, 5.74) is 3.25. The maximum Gasteiger partial charge on any atom is 0.241 e. The third kappa shape index (κ3) is 7.50. The number of carbonyl (C=O) groups excluding carboxylic acids is 1. The van der Waals surface area contributed by atoms with Crippen LogP contribution in [0.4, 0.5) is 0 Å². The molecule has 162 valence electrons. The number of carbonyl (C=O) groups is 1. The summed E-state index contributed by atoms with van der Waals surface area (Å²) in [6, 6.07) is 15.2. The molecule has 1 atom stereocenters. The maximum atomic E-state index is 13.0. The number of nitrogens with one attached hydrogen (secondary N) is 2. The van der Waals surface area contributed by atoms with Crippen LogP contribution >= 0.6 is 0 Å². The Hall–Kier alpha value is -3.25. The van der Waals surface area contributed by atoms with E-state index in [1.165, 1.54) is 5.56 Å². The van der Waals surface area contributed by atoms with Gasteiger partial charge in [0.15, 0.2) is 0 Å². The van der Waals surface area contributed by atoms with E-state index in [1.54, 1.807) is 24.8 Å². The molecule has 0 saturated carbocycles. The zero-order valence-corrected chi connectivity index (χ0v) is 18.0. The number of aromatic nitrogens is 2. The molecule has 1 unspecified atom stereocenters. The lowest BCUT2D eigenvalue weighted by Gasteiger charge is -2.19. The Morgan fingerprint density at radius 3 is 2.03 bits per heavy atom. The SMILES string of the molecule is CCCOc1ccc(C(NCCc2ccncc2)C(=O)NCCc2ccncc2)cc1. The van der Waals surface area contributed by atoms with Crippen molar-refractivity contribution in [3.05, 3.63) is 90.0 Å². The molecule has 6 heteroatoms. The fourth-order valence-corrected chi connectivity index (χ4v) is 3.23. The van der Waals surface area contributed by atoms with E-state index < -0.39 is 6.04 Å². The molecule has 0 saturated heterocycles. The van der Waals surface area contributed by atoms with Crippen molar-refractivity contribution in [3.8, 4) is 5.75 Å². The molecule has 0 radical (unpaired) electrons. The Labute approximate surface area is 184 Å². The molecule has 1 amide bonds. The smallest absolute Gasteiger partial charge is 0.241 e. The van der Waals surface area contributed by atoms with Gasteiger partial charge in [-0.05, 0) is 72.4 Å². The molecule has 0 aliphatic rings. The minimum Gasteiger partial charge on any atom is -0.494 e. The van der Waals surface area contributed by atoms with Gasteiger partial charge in [-0.15, -0.1) is 0 Å². The van der Waals surface area contributed by atoms with Crippen LogP contribution in [0.2, 0.25) is 0 Å². The average molecular weight is 419 g/mol. The van der Waals surface area contributed by atoms with Gasteiger partial charge in [0.1, 0.15) is 11.8 Å². The van der Waals surface area contributed by atoms with Gasteiger partial charge in [0, 0.05) is 37.9 Å². The number of nitrogens with zero attached hydrogens (tertiary/aromatic N) is 2. The summed E-state index contributed by atoms with van der Waals surface area (Å²) >= 11 is 0. The van der Waals surface area contributed by atoms with E-state index in [0.29, 0.717) is 19.7 Å². The summed E-state index contributed by atoms with van der Waals surface area (Å²) in [7, 11) is 0. The molecule has 0 fully saturated rings. The molecule has 0 aliphatic carbocycles. The zero-order valence-electron chi connectivity index (χ0n) is 18.0. The van der Waals surface area contributed by atoms with Crippen LogP contribution in [-0.4, -0.2) is 35.6 Å². The number of amides is 1. The average Bonchev–Trinajstić information content (AvgIpc) is 2.82. The standard InChI is InChI=1S/C25H30N4O2/c1-2-19-31-23-5-3-22(4-6-23)24(28-17-11-20-7-13-26-14-8-20)25(30)29-18-12-21-9-15-27-16-10-21/h3-10,13-16,24,28H,2,11-12,17-19H2,1H3,(H,29,30). The molecular formula is C25H30N4O2. The van der Waals surface area contributed by atoms with Crippen molar-refractivity contribution in [2.45, 2.75) is 32.2 Å². The third-order valence-electron chi connectivity index (χ3n) is 4.92. The van der Waals surface area contributed by atoms with Crippen LogP contribution in [0.3, 0.4) is 0 Å². The van der Waals surface area contributed by atoms with E-state index in [1.807, 2.05) is 48.5 Å². The monoisotopic (exact) mass is 418 g/mol. The largest absolute Gasteiger partial charge is 0.494 e. The summed E-state index contributed by atoms with van der Waals surface area (Å²) in [5.74, 6) is 0.783. The lowest BCUT2D eigenvalue weighted by Crippen LogP contribution is -2.39. The summed E-state index contributed by atoms with van der Waals surface area (Å²) in [5, 5.41) is 6.48. The first-order valence-corrected chi connectivity index (χ1v) is 10.8. The van der Waals surface area contributed by atoms with Crippen molar-refractivity contribution in [1.29, 1.82) is 0 Å². The second-order valence-electron chi connectivity index (χ2n) is 7.31. The predicted molar refractivity (Wildman–Crippen MR) is 122 cm³/mol. The highest BCUT2D eigenvalue weighted by molar-refractivity contribution is 5.83. The number of rotatable bonds is 12. The molecule has 1 aromatic carbocycles. The topological polar surface area (TPSA) is 76.1 Å². The van der Waals surface area contributed by atoms with Crippen molar-refractivity contribution in [2.75, 3.05) is 19.7 Å². The van der Waals surface area contributed by atoms with E-state index in [4.69, 9.17) is 4.74 Å². The first-order chi connectivity index (χ1) is 15.3. The van der Waals surface area contributed by atoms with Gasteiger partial charge in [0.2, 0.25) is 5.91 Å². The van der Waals surface area contributed by atoms with Crippen LogP contribution in [-0.2, 0) is 17.6 Å². The Morgan fingerprint density at radius 1 is 0.871 bits per heavy atom. The van der Waals surface area contributed by atoms with Gasteiger partial charge in [0.05, 0.1) is 6.61 Å². The molecule has 2 aromatic heterocycles. The fraction of sp³-hybridized carbons (Fsp3) is 0.320. The van der Waals surface area contributed by atoms with Gasteiger partial charge in [-0.25, -0.2) is 0 Å². The molecule has 3 aromatic rings. The van der Waals surface area contributed by atoms with Crippen LogP contribution in [0.5, 0.6) is 5.75 Å². The zero-order chi connectivity index (χ0) is 21.7. The van der Waals surface area contributed by atoms with Crippen LogP contribution in [0.1, 0.15) is 36.1 Å². The van der Waals surface area contributed by atoms with E-state index in [-0.39, 0.29) is 5.91 Å². The van der Waals surface area contributed by atoms with Crippen LogP contribution in [0.15, 0.2) is 73.3 Å². The lowest BCUT2D eigenvalue weighted by molar-refractivity contribution is -0.123. The molecule has 3 rings (SSSR count). The quantitative estimate of drug-likeness (QED) is 0.471. The Kier molecular flexibility index (Phi) is 9.01. The molecule has 0 aliphatic heterocycles. The Balaban J connectivity index is 1.61. The second kappa shape index (κ2) is 12.4. The minimum absolute atomic E-state index is 0.0361. The number of hydrogen-bond acceptors (Lipinski definition) is 5. The highest BCUT2D eigenvalue weighted by atomic mass is 16.5. The predicted octanol–water partition coefficient (Wildman–Crippen LogP) is 3.50. The van der Waals surface area contributed by atoms with Crippen molar-refractivity contribution >= 4 is 5.91 Å². The number of ether oxygens (including phenoxy) is 1. The van der Waals surface area contributed by atoms with Gasteiger partial charge < -0.3 is 15.4 Å². The van der Waals surface area contributed by atoms with Crippen molar-refractivity contribution in [3.63, 3.8) is 0 Å². The number of benzene rings is 1. The first kappa shape index (κ1) is 22.4. The van der Waals surface area contributed by atoms with E-state index in [9.17, 15) is 4.79 Å². The van der Waals surface area contributed by atoms with Crippen LogP contribution in [0, 0.1) is 0 Å². The first-order valence-electron chi connectivity index (χ1n) is 10.8. The fourth-order valence-electron chi connectivity index (χ4n) is 3.23. The lowest BCUT2D eigenvalue weighted by atomic mass is 10.0. The van der Waals surface area contributed by atoms with Gasteiger partial charge in [-0.3, -0.25) is 14.8 Å². The molecule has 2 heterocycles. The Morgan fingerprint density at radius 2 is 1.45 bits per heavy atom. The molecule has 2 N–H and O–H groups in total.